The van der Waals surface area contributed by atoms with Gasteiger partial charge in [0, 0.05) is 24.9 Å². The van der Waals surface area contributed by atoms with E-state index in [4.69, 9.17) is 11.6 Å². The molecule has 2 rings (SSSR count). The maximum atomic E-state index is 6.01. The lowest BCUT2D eigenvalue weighted by Crippen LogP contribution is -2.31. The smallest absolute Gasteiger partial charge is 0.150 e. The number of aromatic nitrogens is 2. The summed E-state index contributed by atoms with van der Waals surface area (Å²) in [4.78, 5) is 10.7. The molecule has 1 aromatic heterocycles. The Kier molecular flexibility index (Phi) is 2.99. The molecule has 1 fully saturated rings. The fraction of sp³-hybridized carbons (Fsp3) is 0.600. The minimum absolute atomic E-state index is 0.454. The van der Waals surface area contributed by atoms with Crippen LogP contribution in [0.4, 0.5) is 0 Å². The van der Waals surface area contributed by atoms with E-state index in [9.17, 15) is 0 Å². The molecule has 1 atom stereocenters. The number of rotatable bonds is 1. The van der Waals surface area contributed by atoms with Crippen molar-refractivity contribution in [3.63, 3.8) is 0 Å². The molecule has 0 unspecified atom stereocenters. The van der Waals surface area contributed by atoms with Crippen LogP contribution >= 0.6 is 11.6 Å². The predicted molar refractivity (Wildman–Crippen MR) is 56.5 cm³/mol. The first-order chi connectivity index (χ1) is 6.77. The monoisotopic (exact) mass is 211 g/mol. The number of halogens is 1. The number of piperidine rings is 1. The Balaban J connectivity index is 2.18. The molecule has 4 heteroatoms. The Bertz CT molecular complexity index is 316. The van der Waals surface area contributed by atoms with E-state index in [1.807, 2.05) is 0 Å². The van der Waals surface area contributed by atoms with E-state index < -0.39 is 0 Å². The Morgan fingerprint density at radius 3 is 2.93 bits per heavy atom. The molecule has 0 amide bonds. The Morgan fingerprint density at radius 2 is 2.21 bits per heavy atom. The van der Waals surface area contributed by atoms with Gasteiger partial charge in [-0.25, -0.2) is 4.98 Å². The molecular formula is C10H14ClN3. The standard InChI is InChI=1S/C10H14ClN3/c1-14-6-2-3-8(7-14)9-10(11)13-5-4-12-9/h4-5,8H,2-3,6-7H2,1H3/t8-/m0/s1. The van der Waals surface area contributed by atoms with Crippen molar-refractivity contribution in [3.05, 3.63) is 23.2 Å². The Morgan fingerprint density at radius 1 is 1.43 bits per heavy atom. The molecule has 14 heavy (non-hydrogen) atoms. The van der Waals surface area contributed by atoms with Crippen LogP contribution in [0.15, 0.2) is 12.4 Å². The van der Waals surface area contributed by atoms with E-state index in [0.29, 0.717) is 11.1 Å². The van der Waals surface area contributed by atoms with Gasteiger partial charge >= 0.3 is 0 Å². The molecule has 0 radical (unpaired) electrons. The van der Waals surface area contributed by atoms with Crippen LogP contribution in [0.5, 0.6) is 0 Å². The highest BCUT2D eigenvalue weighted by Crippen LogP contribution is 2.27. The maximum Gasteiger partial charge on any atom is 0.150 e. The Labute approximate surface area is 89.1 Å². The van der Waals surface area contributed by atoms with E-state index in [-0.39, 0.29) is 0 Å². The van der Waals surface area contributed by atoms with E-state index in [1.165, 1.54) is 19.4 Å². The van der Waals surface area contributed by atoms with Gasteiger partial charge < -0.3 is 4.90 Å². The van der Waals surface area contributed by atoms with Crippen LogP contribution in [0.2, 0.25) is 5.15 Å². The highest BCUT2D eigenvalue weighted by atomic mass is 35.5. The minimum Gasteiger partial charge on any atom is -0.306 e. The molecule has 1 aromatic rings. The van der Waals surface area contributed by atoms with Gasteiger partial charge in [0.15, 0.2) is 5.15 Å². The summed E-state index contributed by atoms with van der Waals surface area (Å²) in [6, 6.07) is 0. The molecule has 0 aromatic carbocycles. The van der Waals surface area contributed by atoms with Crippen LogP contribution in [-0.2, 0) is 0 Å². The Hall–Kier alpha value is -0.670. The quantitative estimate of drug-likeness (QED) is 0.711. The molecule has 0 spiro atoms. The van der Waals surface area contributed by atoms with E-state index in [0.717, 1.165) is 12.2 Å². The van der Waals surface area contributed by atoms with Crippen LogP contribution in [-0.4, -0.2) is 35.0 Å². The normalized spacial score (nSPS) is 23.7. The third kappa shape index (κ3) is 2.04. The van der Waals surface area contributed by atoms with Gasteiger partial charge in [0.2, 0.25) is 0 Å². The van der Waals surface area contributed by atoms with Crippen molar-refractivity contribution < 1.29 is 0 Å². The number of hydrogen-bond acceptors (Lipinski definition) is 3. The molecule has 76 valence electrons. The first-order valence-corrected chi connectivity index (χ1v) is 5.30. The van der Waals surface area contributed by atoms with Gasteiger partial charge in [0.05, 0.1) is 5.69 Å². The third-order valence-electron chi connectivity index (χ3n) is 2.69. The summed E-state index contributed by atoms with van der Waals surface area (Å²) in [5, 5.41) is 0.563. The second kappa shape index (κ2) is 4.24. The number of likely N-dealkylation sites (tertiary alicyclic amines) is 1. The van der Waals surface area contributed by atoms with Gasteiger partial charge in [-0.2, -0.15) is 0 Å². The lowest BCUT2D eigenvalue weighted by Gasteiger charge is -2.29. The molecule has 2 heterocycles. The van der Waals surface area contributed by atoms with Crippen molar-refractivity contribution in [2.24, 2.45) is 0 Å². The third-order valence-corrected chi connectivity index (χ3v) is 2.98. The summed E-state index contributed by atoms with van der Waals surface area (Å²) < 4.78 is 0. The average Bonchev–Trinajstić information content (AvgIpc) is 2.18. The summed E-state index contributed by atoms with van der Waals surface area (Å²) in [7, 11) is 2.14. The van der Waals surface area contributed by atoms with Gasteiger partial charge in [0.25, 0.3) is 0 Å². The fourth-order valence-corrected chi connectivity index (χ4v) is 2.25. The van der Waals surface area contributed by atoms with Crippen molar-refractivity contribution in [3.8, 4) is 0 Å². The lowest BCUT2D eigenvalue weighted by molar-refractivity contribution is 0.248. The van der Waals surface area contributed by atoms with Crippen molar-refractivity contribution in [2.75, 3.05) is 20.1 Å². The molecule has 1 saturated heterocycles. The molecule has 0 N–H and O–H groups in total. The van der Waals surface area contributed by atoms with Crippen molar-refractivity contribution in [1.29, 1.82) is 0 Å². The SMILES string of the molecule is CN1CCC[C@H](c2nccnc2Cl)C1. The van der Waals surface area contributed by atoms with Gasteiger partial charge in [-0.05, 0) is 26.4 Å². The minimum atomic E-state index is 0.454. The highest BCUT2D eigenvalue weighted by Gasteiger charge is 2.22. The molecule has 1 aliphatic heterocycles. The molecular weight excluding hydrogens is 198 g/mol. The van der Waals surface area contributed by atoms with Crippen LogP contribution in [0.3, 0.4) is 0 Å². The highest BCUT2D eigenvalue weighted by molar-refractivity contribution is 6.30. The van der Waals surface area contributed by atoms with Crippen molar-refractivity contribution >= 4 is 11.6 Å². The number of likely N-dealkylation sites (N-methyl/N-ethyl adjacent to an activating group) is 1. The first-order valence-electron chi connectivity index (χ1n) is 4.92. The lowest BCUT2D eigenvalue weighted by atomic mass is 9.95. The van der Waals surface area contributed by atoms with Crippen LogP contribution < -0.4 is 0 Å². The van der Waals surface area contributed by atoms with Gasteiger partial charge in [-0.15, -0.1) is 0 Å². The van der Waals surface area contributed by atoms with Crippen molar-refractivity contribution in [1.82, 2.24) is 14.9 Å². The van der Waals surface area contributed by atoms with Crippen LogP contribution in [0.1, 0.15) is 24.5 Å². The fourth-order valence-electron chi connectivity index (χ4n) is 2.00. The van der Waals surface area contributed by atoms with Crippen molar-refractivity contribution in [2.45, 2.75) is 18.8 Å². The molecule has 3 nitrogen and oxygen atoms in total. The molecule has 0 aliphatic carbocycles. The topological polar surface area (TPSA) is 29.0 Å². The maximum absolute atomic E-state index is 6.01. The zero-order valence-electron chi connectivity index (χ0n) is 8.28. The first kappa shape index (κ1) is 9.87. The van der Waals surface area contributed by atoms with Crippen LogP contribution in [0.25, 0.3) is 0 Å². The van der Waals surface area contributed by atoms with Gasteiger partial charge in [-0.3, -0.25) is 4.98 Å². The molecule has 1 aliphatic rings. The second-order valence-corrected chi connectivity index (χ2v) is 4.19. The van der Waals surface area contributed by atoms with E-state index in [1.54, 1.807) is 12.4 Å². The average molecular weight is 212 g/mol. The summed E-state index contributed by atoms with van der Waals surface area (Å²) in [6.45, 7) is 2.22. The number of nitrogens with zero attached hydrogens (tertiary/aromatic N) is 3. The summed E-state index contributed by atoms with van der Waals surface area (Å²) in [6.07, 6.45) is 5.74. The van der Waals surface area contributed by atoms with Gasteiger partial charge in [-0.1, -0.05) is 11.6 Å². The van der Waals surface area contributed by atoms with E-state index in [2.05, 4.69) is 21.9 Å². The summed E-state index contributed by atoms with van der Waals surface area (Å²) >= 11 is 6.01. The predicted octanol–water partition coefficient (Wildman–Crippen LogP) is 1.94. The zero-order chi connectivity index (χ0) is 9.97. The molecule has 0 bridgehead atoms. The number of hydrogen-bond donors (Lipinski definition) is 0. The van der Waals surface area contributed by atoms with Gasteiger partial charge in [0.1, 0.15) is 0 Å². The zero-order valence-corrected chi connectivity index (χ0v) is 9.04. The van der Waals surface area contributed by atoms with Crippen LogP contribution in [0, 0.1) is 0 Å². The molecule has 0 saturated carbocycles. The largest absolute Gasteiger partial charge is 0.306 e. The summed E-state index contributed by atoms with van der Waals surface area (Å²) in [5.41, 5.74) is 0.959. The van der Waals surface area contributed by atoms with E-state index >= 15 is 0 Å². The second-order valence-electron chi connectivity index (χ2n) is 3.83. The summed E-state index contributed by atoms with van der Waals surface area (Å²) in [5.74, 6) is 0.454.